The molecule has 4 heteroatoms. The van der Waals surface area contributed by atoms with Crippen molar-refractivity contribution >= 4 is 16.7 Å². The first kappa shape index (κ1) is 9.45. The van der Waals surface area contributed by atoms with E-state index < -0.39 is 5.91 Å². The highest BCUT2D eigenvalue weighted by atomic mass is 16.5. The van der Waals surface area contributed by atoms with Gasteiger partial charge in [0.25, 0.3) is 5.91 Å². The summed E-state index contributed by atoms with van der Waals surface area (Å²) in [6.07, 6.45) is 3.38. The van der Waals surface area contributed by atoms with Crippen LogP contribution in [0.15, 0.2) is 30.6 Å². The highest BCUT2D eigenvalue weighted by Gasteiger charge is 2.09. The average Bonchev–Trinajstić information content (AvgIpc) is 2.27. The maximum absolute atomic E-state index is 11.2. The molecular formula is C11H10N2O2. The Morgan fingerprint density at radius 3 is 2.87 bits per heavy atom. The summed E-state index contributed by atoms with van der Waals surface area (Å²) in [6.45, 7) is 0. The van der Waals surface area contributed by atoms with E-state index in [0.717, 1.165) is 10.8 Å². The number of fused-ring (bicyclic) bond motifs is 1. The summed E-state index contributed by atoms with van der Waals surface area (Å²) in [5.41, 5.74) is 5.63. The number of ether oxygens (including phenoxy) is 1. The molecule has 2 N–H and O–H groups in total. The van der Waals surface area contributed by atoms with Crippen LogP contribution >= 0.6 is 0 Å². The second-order valence-electron chi connectivity index (χ2n) is 3.14. The zero-order chi connectivity index (χ0) is 10.8. The normalized spacial score (nSPS) is 10.2. The molecule has 0 aliphatic carbocycles. The van der Waals surface area contributed by atoms with Gasteiger partial charge in [0.15, 0.2) is 0 Å². The van der Waals surface area contributed by atoms with Crippen LogP contribution in [0.25, 0.3) is 10.8 Å². The summed E-state index contributed by atoms with van der Waals surface area (Å²) in [5, 5.41) is 1.83. The predicted molar refractivity (Wildman–Crippen MR) is 56.8 cm³/mol. The minimum absolute atomic E-state index is 0.385. The first-order valence-electron chi connectivity index (χ1n) is 4.44. The summed E-state index contributed by atoms with van der Waals surface area (Å²) < 4.78 is 5.09. The molecule has 1 heterocycles. The molecule has 2 aromatic rings. The Kier molecular flexibility index (Phi) is 2.25. The fourth-order valence-electron chi connectivity index (χ4n) is 1.48. The van der Waals surface area contributed by atoms with Crippen LogP contribution in [0.4, 0.5) is 0 Å². The highest BCUT2D eigenvalue weighted by molar-refractivity contribution is 6.00. The van der Waals surface area contributed by atoms with E-state index in [1.54, 1.807) is 24.5 Å². The number of hydrogen-bond donors (Lipinski definition) is 1. The van der Waals surface area contributed by atoms with E-state index in [9.17, 15) is 4.79 Å². The smallest absolute Gasteiger partial charge is 0.252 e. The van der Waals surface area contributed by atoms with Gasteiger partial charge in [0.05, 0.1) is 12.7 Å². The van der Waals surface area contributed by atoms with E-state index in [1.807, 2.05) is 6.07 Å². The number of hydrogen-bond acceptors (Lipinski definition) is 3. The Bertz CT molecular complexity index is 523. The number of pyridine rings is 1. The summed E-state index contributed by atoms with van der Waals surface area (Å²) in [7, 11) is 1.50. The Hall–Kier alpha value is -2.10. The van der Waals surface area contributed by atoms with Crippen molar-refractivity contribution in [3.63, 3.8) is 0 Å². The van der Waals surface area contributed by atoms with Crippen molar-refractivity contribution in [1.82, 2.24) is 4.98 Å². The topological polar surface area (TPSA) is 65.2 Å². The molecule has 0 bridgehead atoms. The quantitative estimate of drug-likeness (QED) is 0.799. The molecule has 0 aliphatic heterocycles. The van der Waals surface area contributed by atoms with E-state index >= 15 is 0 Å². The predicted octanol–water partition coefficient (Wildman–Crippen LogP) is 1.34. The highest BCUT2D eigenvalue weighted by Crippen LogP contribution is 2.24. The largest absolute Gasteiger partial charge is 0.496 e. The van der Waals surface area contributed by atoms with E-state index in [0.29, 0.717) is 11.3 Å². The van der Waals surface area contributed by atoms with Gasteiger partial charge in [-0.1, -0.05) is 0 Å². The van der Waals surface area contributed by atoms with Gasteiger partial charge < -0.3 is 10.5 Å². The molecular weight excluding hydrogens is 192 g/mol. The van der Waals surface area contributed by atoms with Crippen molar-refractivity contribution in [1.29, 1.82) is 0 Å². The van der Waals surface area contributed by atoms with Gasteiger partial charge in [-0.05, 0) is 23.6 Å². The number of aromatic nitrogens is 1. The first-order chi connectivity index (χ1) is 7.22. The summed E-state index contributed by atoms with van der Waals surface area (Å²) >= 11 is 0. The average molecular weight is 202 g/mol. The Morgan fingerprint density at radius 1 is 1.40 bits per heavy atom. The zero-order valence-electron chi connectivity index (χ0n) is 8.23. The van der Waals surface area contributed by atoms with Crippen molar-refractivity contribution in [2.75, 3.05) is 7.11 Å². The lowest BCUT2D eigenvalue weighted by atomic mass is 10.1. The Balaban J connectivity index is 2.74. The van der Waals surface area contributed by atoms with Gasteiger partial charge in [-0.2, -0.15) is 0 Å². The number of nitrogens with two attached hydrogens (primary N) is 1. The molecule has 4 nitrogen and oxygen atoms in total. The van der Waals surface area contributed by atoms with Crippen LogP contribution < -0.4 is 10.5 Å². The van der Waals surface area contributed by atoms with Crippen LogP contribution in [0.1, 0.15) is 10.4 Å². The fourth-order valence-corrected chi connectivity index (χ4v) is 1.48. The van der Waals surface area contributed by atoms with E-state index in [1.165, 1.54) is 7.11 Å². The van der Waals surface area contributed by atoms with Gasteiger partial charge in [-0.25, -0.2) is 0 Å². The molecule has 0 saturated heterocycles. The molecule has 2 rings (SSSR count). The molecule has 0 saturated carbocycles. The van der Waals surface area contributed by atoms with E-state index in [-0.39, 0.29) is 0 Å². The lowest BCUT2D eigenvalue weighted by Crippen LogP contribution is -2.12. The standard InChI is InChI=1S/C11H10N2O2/c1-15-10-5-8-6-13-3-2-7(8)4-9(10)11(12)14/h2-6H,1H3,(H2,12,14). The van der Waals surface area contributed by atoms with Crippen LogP contribution in [0.5, 0.6) is 5.75 Å². The van der Waals surface area contributed by atoms with Gasteiger partial charge in [0, 0.05) is 17.8 Å². The number of carbonyl (C=O) groups excluding carboxylic acids is 1. The van der Waals surface area contributed by atoms with Crippen LogP contribution in [-0.2, 0) is 0 Å². The number of methoxy groups -OCH3 is 1. The molecule has 76 valence electrons. The first-order valence-corrected chi connectivity index (χ1v) is 4.44. The third-order valence-electron chi connectivity index (χ3n) is 2.22. The van der Waals surface area contributed by atoms with Crippen molar-refractivity contribution in [3.8, 4) is 5.75 Å². The third kappa shape index (κ3) is 1.61. The molecule has 1 aromatic carbocycles. The molecule has 0 fully saturated rings. The summed E-state index contributed by atoms with van der Waals surface area (Å²) in [5.74, 6) is -0.0198. The van der Waals surface area contributed by atoms with Gasteiger partial charge in [-0.3, -0.25) is 9.78 Å². The lowest BCUT2D eigenvalue weighted by Gasteiger charge is -2.06. The lowest BCUT2D eigenvalue weighted by molar-refractivity contribution is 0.0997. The molecule has 0 atom stereocenters. The fraction of sp³-hybridized carbons (Fsp3) is 0.0909. The van der Waals surface area contributed by atoms with Crippen molar-refractivity contribution in [2.24, 2.45) is 5.73 Å². The monoisotopic (exact) mass is 202 g/mol. The molecule has 0 unspecified atom stereocenters. The Morgan fingerprint density at radius 2 is 2.20 bits per heavy atom. The van der Waals surface area contributed by atoms with Gasteiger partial charge in [-0.15, -0.1) is 0 Å². The summed E-state index contributed by atoms with van der Waals surface area (Å²) in [6, 6.07) is 5.28. The van der Waals surface area contributed by atoms with Crippen molar-refractivity contribution < 1.29 is 9.53 Å². The van der Waals surface area contributed by atoms with Gasteiger partial charge >= 0.3 is 0 Å². The molecule has 15 heavy (non-hydrogen) atoms. The maximum atomic E-state index is 11.2. The Labute approximate surface area is 86.7 Å². The second kappa shape index (κ2) is 3.57. The van der Waals surface area contributed by atoms with Crippen LogP contribution in [0.3, 0.4) is 0 Å². The number of carbonyl (C=O) groups is 1. The third-order valence-corrected chi connectivity index (χ3v) is 2.22. The second-order valence-corrected chi connectivity index (χ2v) is 3.14. The molecule has 0 spiro atoms. The van der Waals surface area contributed by atoms with Crippen LogP contribution in [0, 0.1) is 0 Å². The minimum Gasteiger partial charge on any atom is -0.496 e. The van der Waals surface area contributed by atoms with Gasteiger partial charge in [0.1, 0.15) is 5.75 Å². The van der Waals surface area contributed by atoms with Crippen molar-refractivity contribution in [2.45, 2.75) is 0 Å². The molecule has 0 aliphatic rings. The number of amides is 1. The van der Waals surface area contributed by atoms with Crippen LogP contribution in [0.2, 0.25) is 0 Å². The number of benzene rings is 1. The van der Waals surface area contributed by atoms with E-state index in [2.05, 4.69) is 4.98 Å². The number of primary amides is 1. The molecule has 0 radical (unpaired) electrons. The van der Waals surface area contributed by atoms with E-state index in [4.69, 9.17) is 10.5 Å². The van der Waals surface area contributed by atoms with Crippen molar-refractivity contribution in [3.05, 3.63) is 36.2 Å². The molecule has 1 aromatic heterocycles. The molecule has 1 amide bonds. The minimum atomic E-state index is -0.495. The van der Waals surface area contributed by atoms with Gasteiger partial charge in [0.2, 0.25) is 0 Å². The summed E-state index contributed by atoms with van der Waals surface area (Å²) in [4.78, 5) is 15.1. The zero-order valence-corrected chi connectivity index (χ0v) is 8.23. The van der Waals surface area contributed by atoms with Crippen LogP contribution in [-0.4, -0.2) is 18.0 Å². The maximum Gasteiger partial charge on any atom is 0.252 e. The SMILES string of the molecule is COc1cc2cnccc2cc1C(N)=O. The number of nitrogens with zero attached hydrogens (tertiary/aromatic N) is 1. The number of rotatable bonds is 2.